The van der Waals surface area contributed by atoms with Crippen molar-refractivity contribution < 1.29 is 19.4 Å². The van der Waals surface area contributed by atoms with Crippen molar-refractivity contribution in [1.82, 2.24) is 5.32 Å². The number of nitrogens with zero attached hydrogens (tertiary/aromatic N) is 2. The summed E-state index contributed by atoms with van der Waals surface area (Å²) >= 11 is 4.38. The van der Waals surface area contributed by atoms with Crippen molar-refractivity contribution in [2.75, 3.05) is 6.61 Å². The summed E-state index contributed by atoms with van der Waals surface area (Å²) < 4.78 is 6.35. The highest BCUT2D eigenvalue weighted by atomic mass is 79.9. The van der Waals surface area contributed by atoms with E-state index < -0.39 is 17.1 Å². The number of hydrogen-bond acceptors (Lipinski definition) is 7. The SMILES string of the molecule is CCOc1ccc(Br)cc1/C=N\N=C1\NC(=O)[C@H](CC(=O)[O-])S1. The van der Waals surface area contributed by atoms with E-state index in [9.17, 15) is 14.7 Å². The Morgan fingerprint density at radius 2 is 2.35 bits per heavy atom. The lowest BCUT2D eigenvalue weighted by molar-refractivity contribution is -0.305. The van der Waals surface area contributed by atoms with Crippen LogP contribution in [0.1, 0.15) is 18.9 Å². The molecule has 0 aliphatic carbocycles. The maximum absolute atomic E-state index is 11.6. The maximum Gasteiger partial charge on any atom is 0.239 e. The number of amidine groups is 1. The van der Waals surface area contributed by atoms with Crippen molar-refractivity contribution in [1.29, 1.82) is 0 Å². The van der Waals surface area contributed by atoms with Gasteiger partial charge in [-0.25, -0.2) is 0 Å². The third-order valence-corrected chi connectivity index (χ3v) is 4.31. The molecule has 9 heteroatoms. The average molecular weight is 399 g/mol. The van der Waals surface area contributed by atoms with Crippen molar-refractivity contribution in [3.05, 3.63) is 28.2 Å². The molecule has 1 atom stereocenters. The largest absolute Gasteiger partial charge is 0.550 e. The molecule has 1 heterocycles. The van der Waals surface area contributed by atoms with Crippen LogP contribution in [0.25, 0.3) is 0 Å². The minimum absolute atomic E-state index is 0.255. The fourth-order valence-corrected chi connectivity index (χ4v) is 3.08. The fraction of sp³-hybridized carbons (Fsp3) is 0.286. The van der Waals surface area contributed by atoms with Crippen LogP contribution in [0.4, 0.5) is 0 Å². The van der Waals surface area contributed by atoms with Crippen LogP contribution >= 0.6 is 27.7 Å². The lowest BCUT2D eigenvalue weighted by atomic mass is 10.2. The van der Waals surface area contributed by atoms with Gasteiger partial charge in [0.2, 0.25) is 5.91 Å². The Bertz CT molecular complexity index is 678. The lowest BCUT2D eigenvalue weighted by Gasteiger charge is -2.06. The van der Waals surface area contributed by atoms with Gasteiger partial charge < -0.3 is 20.0 Å². The molecule has 0 unspecified atom stereocenters. The van der Waals surface area contributed by atoms with Crippen LogP contribution in [0.5, 0.6) is 5.75 Å². The van der Waals surface area contributed by atoms with E-state index in [1.165, 1.54) is 6.21 Å². The molecule has 1 fully saturated rings. The van der Waals surface area contributed by atoms with Gasteiger partial charge in [-0.15, -0.1) is 5.10 Å². The molecular formula is C14H13BrN3O4S-. The van der Waals surface area contributed by atoms with Crippen LogP contribution < -0.4 is 15.2 Å². The number of halogens is 1. The number of carboxylic acids is 1. The second kappa shape index (κ2) is 8.11. The maximum atomic E-state index is 11.6. The number of rotatable bonds is 6. The first-order valence-electron chi connectivity index (χ1n) is 6.70. The van der Waals surface area contributed by atoms with Gasteiger partial charge >= 0.3 is 0 Å². The summed E-state index contributed by atoms with van der Waals surface area (Å²) in [4.78, 5) is 22.1. The number of hydrogen-bond donors (Lipinski definition) is 1. The molecule has 0 bridgehead atoms. The highest BCUT2D eigenvalue weighted by molar-refractivity contribution is 9.10. The molecule has 1 aromatic rings. The van der Waals surface area contributed by atoms with Gasteiger partial charge in [-0.3, -0.25) is 4.79 Å². The highest BCUT2D eigenvalue weighted by Crippen LogP contribution is 2.23. The molecular weight excluding hydrogens is 386 g/mol. The van der Waals surface area contributed by atoms with Crippen LogP contribution in [-0.4, -0.2) is 35.1 Å². The van der Waals surface area contributed by atoms with Crippen LogP contribution in [0.3, 0.4) is 0 Å². The van der Waals surface area contributed by atoms with Gasteiger partial charge in [0, 0.05) is 22.4 Å². The molecule has 1 N–H and O–H groups in total. The summed E-state index contributed by atoms with van der Waals surface area (Å²) in [6.07, 6.45) is 1.14. The topological polar surface area (TPSA) is 103 Å². The summed E-state index contributed by atoms with van der Waals surface area (Å²) in [7, 11) is 0. The van der Waals surface area contributed by atoms with Crippen LogP contribution in [0, 0.1) is 0 Å². The zero-order valence-electron chi connectivity index (χ0n) is 12.1. The van der Waals surface area contributed by atoms with Crippen LogP contribution in [0.15, 0.2) is 32.9 Å². The van der Waals surface area contributed by atoms with Crippen molar-refractivity contribution in [3.63, 3.8) is 0 Å². The summed E-state index contributed by atoms with van der Waals surface area (Å²) in [6.45, 7) is 2.40. The van der Waals surface area contributed by atoms with E-state index in [0.717, 1.165) is 21.8 Å². The normalized spacial score (nSPS) is 19.3. The molecule has 1 aliphatic heterocycles. The molecule has 0 saturated carbocycles. The first-order valence-corrected chi connectivity index (χ1v) is 8.37. The van der Waals surface area contributed by atoms with Gasteiger partial charge in [0.05, 0.1) is 18.1 Å². The number of carboxylic acid groups (broad SMARTS) is 1. The molecule has 0 radical (unpaired) electrons. The van der Waals surface area contributed by atoms with E-state index >= 15 is 0 Å². The Morgan fingerprint density at radius 3 is 3.04 bits per heavy atom. The molecule has 122 valence electrons. The fourth-order valence-electron chi connectivity index (χ4n) is 1.79. The van der Waals surface area contributed by atoms with Gasteiger partial charge in [-0.1, -0.05) is 27.7 Å². The van der Waals surface area contributed by atoms with Gasteiger partial charge in [-0.2, -0.15) is 5.10 Å². The molecule has 2 rings (SSSR count). The Labute approximate surface area is 145 Å². The Morgan fingerprint density at radius 1 is 1.57 bits per heavy atom. The molecule has 7 nitrogen and oxygen atoms in total. The molecule has 1 aliphatic rings. The van der Waals surface area contributed by atoms with Gasteiger partial charge in [0.15, 0.2) is 5.17 Å². The van der Waals surface area contributed by atoms with Crippen molar-refractivity contribution in [2.45, 2.75) is 18.6 Å². The second-order valence-electron chi connectivity index (χ2n) is 4.44. The Balaban J connectivity index is 2.08. The molecule has 1 saturated heterocycles. The predicted octanol–water partition coefficient (Wildman–Crippen LogP) is 0.909. The second-order valence-corrected chi connectivity index (χ2v) is 6.54. The van der Waals surface area contributed by atoms with Crippen LogP contribution in [0.2, 0.25) is 0 Å². The van der Waals surface area contributed by atoms with E-state index in [2.05, 4.69) is 31.4 Å². The zero-order valence-corrected chi connectivity index (χ0v) is 14.5. The molecule has 1 aromatic carbocycles. The number of ether oxygens (including phenoxy) is 1. The van der Waals surface area contributed by atoms with Crippen molar-refractivity contribution in [3.8, 4) is 5.75 Å². The first kappa shape index (κ1) is 17.5. The summed E-state index contributed by atoms with van der Waals surface area (Å²) in [5.41, 5.74) is 0.728. The van der Waals surface area contributed by atoms with E-state index in [4.69, 9.17) is 4.74 Å². The number of nitrogens with one attached hydrogen (secondary N) is 1. The zero-order chi connectivity index (χ0) is 16.8. The number of carbonyl (C=O) groups is 2. The number of carbonyl (C=O) groups excluding carboxylic acids is 2. The molecule has 0 aromatic heterocycles. The average Bonchev–Trinajstić information content (AvgIpc) is 2.81. The molecule has 23 heavy (non-hydrogen) atoms. The molecule has 0 spiro atoms. The molecule has 1 amide bonds. The minimum Gasteiger partial charge on any atom is -0.550 e. The minimum atomic E-state index is -1.28. The predicted molar refractivity (Wildman–Crippen MR) is 89.5 cm³/mol. The van der Waals surface area contributed by atoms with Crippen molar-refractivity contribution in [2.24, 2.45) is 10.2 Å². The Hall–Kier alpha value is -1.87. The number of aliphatic carboxylic acids is 1. The Kier molecular flexibility index (Phi) is 6.17. The number of thioether (sulfide) groups is 1. The van der Waals surface area contributed by atoms with E-state index in [0.29, 0.717) is 12.4 Å². The van der Waals surface area contributed by atoms with Crippen LogP contribution in [-0.2, 0) is 9.59 Å². The highest BCUT2D eigenvalue weighted by Gasteiger charge is 2.30. The standard InChI is InChI=1S/C14H14BrN3O4S/c1-2-22-10-4-3-9(15)5-8(10)7-16-18-14-17-13(21)11(23-14)6-12(19)20/h3-5,7,11H,2,6H2,1H3,(H,19,20)(H,17,18,21)/p-1/b16-7-/t11-/m0/s1. The van der Waals surface area contributed by atoms with E-state index in [1.54, 1.807) is 0 Å². The summed E-state index contributed by atoms with van der Waals surface area (Å²) in [6, 6.07) is 5.49. The van der Waals surface area contributed by atoms with E-state index in [-0.39, 0.29) is 11.6 Å². The lowest BCUT2D eigenvalue weighted by Crippen LogP contribution is -2.31. The van der Waals surface area contributed by atoms with E-state index in [1.807, 2.05) is 25.1 Å². The number of amides is 1. The van der Waals surface area contributed by atoms with Gasteiger partial charge in [-0.05, 0) is 25.1 Å². The number of benzene rings is 1. The first-order chi connectivity index (χ1) is 11.0. The smallest absolute Gasteiger partial charge is 0.239 e. The van der Waals surface area contributed by atoms with Gasteiger partial charge in [0.25, 0.3) is 0 Å². The van der Waals surface area contributed by atoms with Crippen molar-refractivity contribution >= 4 is 51.0 Å². The quantitative estimate of drug-likeness (QED) is 0.566. The summed E-state index contributed by atoms with van der Waals surface area (Å²) in [5.74, 6) is -1.03. The summed E-state index contributed by atoms with van der Waals surface area (Å²) in [5, 5.41) is 20.3. The monoisotopic (exact) mass is 398 g/mol. The van der Waals surface area contributed by atoms with Gasteiger partial charge in [0.1, 0.15) is 5.75 Å². The third kappa shape index (κ3) is 5.07. The third-order valence-electron chi connectivity index (χ3n) is 2.75.